The summed E-state index contributed by atoms with van der Waals surface area (Å²) in [6.07, 6.45) is 0. The van der Waals surface area contributed by atoms with Crippen molar-refractivity contribution in [2.45, 2.75) is 19.9 Å². The molecular weight excluding hydrogens is 276 g/mol. The van der Waals surface area contributed by atoms with Crippen LogP contribution in [0.1, 0.15) is 40.0 Å². The molecule has 0 aliphatic rings. The van der Waals surface area contributed by atoms with E-state index < -0.39 is 0 Å². The number of nitrogens with one attached hydrogen (secondary N) is 1. The molecule has 0 unspecified atom stereocenters. The van der Waals surface area contributed by atoms with Gasteiger partial charge in [0.15, 0.2) is 0 Å². The predicted molar refractivity (Wildman–Crippen MR) is 84.8 cm³/mol. The zero-order chi connectivity index (χ0) is 16.1. The largest absolute Gasteiger partial charge is 0.496 e. The SMILES string of the molecule is COc1ccc(C)cc1[C@@H](C)NC(=O)c1cccc(C#N)c1. The number of methoxy groups -OCH3 is 1. The molecule has 2 aromatic rings. The third-order valence-corrected chi connectivity index (χ3v) is 3.45. The number of hydrogen-bond donors (Lipinski definition) is 1. The minimum Gasteiger partial charge on any atom is -0.496 e. The number of hydrogen-bond acceptors (Lipinski definition) is 3. The van der Waals surface area contributed by atoms with Gasteiger partial charge in [0.2, 0.25) is 0 Å². The Morgan fingerprint density at radius 1 is 1.27 bits per heavy atom. The third-order valence-electron chi connectivity index (χ3n) is 3.45. The lowest BCUT2D eigenvalue weighted by Gasteiger charge is -2.18. The van der Waals surface area contributed by atoms with Gasteiger partial charge in [-0.2, -0.15) is 5.26 Å². The maximum Gasteiger partial charge on any atom is 0.251 e. The van der Waals surface area contributed by atoms with Gasteiger partial charge >= 0.3 is 0 Å². The van der Waals surface area contributed by atoms with Gasteiger partial charge < -0.3 is 10.1 Å². The molecule has 0 heterocycles. The Balaban J connectivity index is 2.21. The van der Waals surface area contributed by atoms with Gasteiger partial charge in [0.1, 0.15) is 5.75 Å². The number of carbonyl (C=O) groups is 1. The standard InChI is InChI=1S/C18H18N2O2/c1-12-7-8-17(22-3)16(9-12)13(2)20-18(21)15-6-4-5-14(10-15)11-19/h4-10,13H,1-3H3,(H,20,21)/t13-/m1/s1. The highest BCUT2D eigenvalue weighted by atomic mass is 16.5. The summed E-state index contributed by atoms with van der Waals surface area (Å²) in [6.45, 7) is 3.90. The van der Waals surface area contributed by atoms with Gasteiger partial charge in [-0.1, -0.05) is 23.8 Å². The van der Waals surface area contributed by atoms with Gasteiger partial charge in [0.25, 0.3) is 5.91 Å². The molecule has 2 aromatic carbocycles. The van der Waals surface area contributed by atoms with E-state index in [4.69, 9.17) is 10.00 Å². The number of benzene rings is 2. The zero-order valence-electron chi connectivity index (χ0n) is 12.9. The minimum absolute atomic E-state index is 0.201. The second kappa shape index (κ2) is 6.77. The van der Waals surface area contributed by atoms with E-state index in [1.165, 1.54) is 0 Å². The fourth-order valence-corrected chi connectivity index (χ4v) is 2.28. The average Bonchev–Trinajstić information content (AvgIpc) is 2.54. The van der Waals surface area contributed by atoms with Crippen molar-refractivity contribution in [3.05, 3.63) is 64.7 Å². The molecule has 22 heavy (non-hydrogen) atoms. The van der Waals surface area contributed by atoms with Crippen molar-refractivity contribution in [2.24, 2.45) is 0 Å². The van der Waals surface area contributed by atoms with Crippen LogP contribution < -0.4 is 10.1 Å². The molecule has 4 heteroatoms. The molecule has 1 atom stereocenters. The summed E-state index contributed by atoms with van der Waals surface area (Å²) in [6, 6.07) is 14.3. The Morgan fingerprint density at radius 3 is 2.73 bits per heavy atom. The van der Waals surface area contributed by atoms with Gasteiger partial charge in [-0.15, -0.1) is 0 Å². The van der Waals surface area contributed by atoms with Crippen LogP contribution in [0.5, 0.6) is 5.75 Å². The molecule has 0 aliphatic carbocycles. The Kier molecular flexibility index (Phi) is 4.80. The molecule has 0 spiro atoms. The average molecular weight is 294 g/mol. The normalized spacial score (nSPS) is 11.4. The van der Waals surface area contributed by atoms with Crippen LogP contribution in [0, 0.1) is 18.3 Å². The van der Waals surface area contributed by atoms with Crippen LogP contribution in [0.25, 0.3) is 0 Å². The topological polar surface area (TPSA) is 62.1 Å². The van der Waals surface area contributed by atoms with E-state index >= 15 is 0 Å². The first-order chi connectivity index (χ1) is 10.5. The summed E-state index contributed by atoms with van der Waals surface area (Å²) in [7, 11) is 1.61. The zero-order valence-corrected chi connectivity index (χ0v) is 12.9. The Hall–Kier alpha value is -2.80. The lowest BCUT2D eigenvalue weighted by molar-refractivity contribution is 0.0939. The number of amides is 1. The summed E-state index contributed by atoms with van der Waals surface area (Å²) >= 11 is 0. The molecule has 4 nitrogen and oxygen atoms in total. The van der Waals surface area contributed by atoms with Gasteiger partial charge in [-0.3, -0.25) is 4.79 Å². The van der Waals surface area contributed by atoms with Crippen LogP contribution in [0.2, 0.25) is 0 Å². The molecule has 0 bridgehead atoms. The van der Waals surface area contributed by atoms with E-state index in [0.717, 1.165) is 16.9 Å². The lowest BCUT2D eigenvalue weighted by Crippen LogP contribution is -2.27. The van der Waals surface area contributed by atoms with Crippen LogP contribution in [0.15, 0.2) is 42.5 Å². The molecular formula is C18H18N2O2. The number of carbonyl (C=O) groups excluding carboxylic acids is 1. The molecule has 0 aliphatic heterocycles. The van der Waals surface area contributed by atoms with Crippen molar-refractivity contribution >= 4 is 5.91 Å². The van der Waals surface area contributed by atoms with E-state index in [1.54, 1.807) is 31.4 Å². The van der Waals surface area contributed by atoms with Crippen molar-refractivity contribution in [1.82, 2.24) is 5.32 Å². The van der Waals surface area contributed by atoms with Crippen molar-refractivity contribution in [1.29, 1.82) is 5.26 Å². The highest BCUT2D eigenvalue weighted by molar-refractivity contribution is 5.94. The highest BCUT2D eigenvalue weighted by Gasteiger charge is 2.15. The van der Waals surface area contributed by atoms with Gasteiger partial charge in [0, 0.05) is 11.1 Å². The fraction of sp³-hybridized carbons (Fsp3) is 0.222. The summed E-state index contributed by atoms with van der Waals surface area (Å²) in [5.74, 6) is 0.525. The molecule has 0 aromatic heterocycles. The molecule has 2 rings (SSSR count). The van der Waals surface area contributed by atoms with Crippen LogP contribution in [-0.4, -0.2) is 13.0 Å². The number of nitriles is 1. The van der Waals surface area contributed by atoms with Crippen LogP contribution >= 0.6 is 0 Å². The number of rotatable bonds is 4. The Morgan fingerprint density at radius 2 is 2.05 bits per heavy atom. The molecule has 1 amide bonds. The summed E-state index contributed by atoms with van der Waals surface area (Å²) < 4.78 is 5.35. The van der Waals surface area contributed by atoms with E-state index in [2.05, 4.69) is 5.32 Å². The van der Waals surface area contributed by atoms with Gasteiger partial charge in [-0.05, 0) is 38.1 Å². The molecule has 0 saturated carbocycles. The van der Waals surface area contributed by atoms with E-state index in [9.17, 15) is 4.79 Å². The van der Waals surface area contributed by atoms with E-state index in [-0.39, 0.29) is 11.9 Å². The van der Waals surface area contributed by atoms with Crippen LogP contribution in [-0.2, 0) is 0 Å². The quantitative estimate of drug-likeness (QED) is 0.940. The summed E-state index contributed by atoms with van der Waals surface area (Å²) in [4.78, 5) is 12.3. The van der Waals surface area contributed by atoms with Crippen LogP contribution in [0.4, 0.5) is 0 Å². The third kappa shape index (κ3) is 3.44. The monoisotopic (exact) mass is 294 g/mol. The van der Waals surface area contributed by atoms with Crippen molar-refractivity contribution < 1.29 is 9.53 Å². The first-order valence-electron chi connectivity index (χ1n) is 7.00. The van der Waals surface area contributed by atoms with Crippen molar-refractivity contribution in [3.8, 4) is 11.8 Å². The van der Waals surface area contributed by atoms with Crippen LogP contribution in [0.3, 0.4) is 0 Å². The smallest absolute Gasteiger partial charge is 0.251 e. The maximum atomic E-state index is 12.3. The van der Waals surface area contributed by atoms with E-state index in [0.29, 0.717) is 11.1 Å². The van der Waals surface area contributed by atoms with Crippen molar-refractivity contribution in [2.75, 3.05) is 7.11 Å². The first-order valence-corrected chi connectivity index (χ1v) is 7.00. The minimum atomic E-state index is -0.215. The highest BCUT2D eigenvalue weighted by Crippen LogP contribution is 2.26. The molecule has 1 N–H and O–H groups in total. The van der Waals surface area contributed by atoms with Gasteiger partial charge in [-0.25, -0.2) is 0 Å². The number of nitrogens with zero attached hydrogens (tertiary/aromatic N) is 1. The van der Waals surface area contributed by atoms with Crippen molar-refractivity contribution in [3.63, 3.8) is 0 Å². The van der Waals surface area contributed by atoms with Gasteiger partial charge in [0.05, 0.1) is 24.8 Å². The second-order valence-electron chi connectivity index (χ2n) is 5.13. The summed E-state index contributed by atoms with van der Waals surface area (Å²) in [5, 5.41) is 11.8. The summed E-state index contributed by atoms with van der Waals surface area (Å²) in [5.41, 5.74) is 2.96. The number of aryl methyl sites for hydroxylation is 1. The molecule has 0 saturated heterocycles. The Bertz CT molecular complexity index is 732. The fourth-order valence-electron chi connectivity index (χ4n) is 2.28. The molecule has 112 valence electrons. The molecule has 0 fully saturated rings. The predicted octanol–water partition coefficient (Wildman–Crippen LogP) is 3.37. The second-order valence-corrected chi connectivity index (χ2v) is 5.13. The lowest BCUT2D eigenvalue weighted by atomic mass is 10.0. The Labute approximate surface area is 130 Å². The van der Waals surface area contributed by atoms with E-state index in [1.807, 2.05) is 38.1 Å². The number of ether oxygens (including phenoxy) is 1. The maximum absolute atomic E-state index is 12.3. The first kappa shape index (κ1) is 15.6. The molecule has 0 radical (unpaired) electrons.